The minimum Gasteiger partial charge on any atom is -0.274 e. The van der Waals surface area contributed by atoms with E-state index in [9.17, 15) is 4.79 Å². The van der Waals surface area contributed by atoms with Crippen molar-refractivity contribution in [3.05, 3.63) is 77.1 Å². The molecule has 0 atom stereocenters. The van der Waals surface area contributed by atoms with Crippen LogP contribution in [0.1, 0.15) is 23.7 Å². The van der Waals surface area contributed by atoms with E-state index in [-0.39, 0.29) is 5.91 Å². The van der Waals surface area contributed by atoms with Gasteiger partial charge in [-0.05, 0) is 31.0 Å². The van der Waals surface area contributed by atoms with E-state index in [2.05, 4.69) is 20.3 Å². The van der Waals surface area contributed by atoms with Crippen molar-refractivity contribution in [2.75, 3.05) is 4.90 Å². The predicted octanol–water partition coefficient (Wildman–Crippen LogP) is 4.59. The van der Waals surface area contributed by atoms with Gasteiger partial charge in [0.1, 0.15) is 6.33 Å². The standard InChI is InChI=1S/C22H20N6OS/c1-15-8-7-11-20(16(15)2)28(17(3)29)22-25-19(13-30-22)12-24-27-14-23-26-21(27)18-9-5-4-6-10-18/h4-14H,1-3H3/b24-12-. The molecule has 2 heterocycles. The molecule has 2 aromatic carbocycles. The molecule has 8 heteroatoms. The molecule has 0 saturated heterocycles. The van der Waals surface area contributed by atoms with E-state index < -0.39 is 0 Å². The van der Waals surface area contributed by atoms with Crippen LogP contribution in [-0.2, 0) is 4.79 Å². The molecular weight excluding hydrogens is 396 g/mol. The highest BCUT2D eigenvalue weighted by atomic mass is 32.1. The topological polar surface area (TPSA) is 76.3 Å². The number of hydrogen-bond donors (Lipinski definition) is 0. The third-order valence-corrected chi connectivity index (χ3v) is 5.55. The Kier molecular flexibility index (Phi) is 5.49. The monoisotopic (exact) mass is 416 g/mol. The van der Waals surface area contributed by atoms with Crippen LogP contribution in [0.4, 0.5) is 10.8 Å². The Balaban J connectivity index is 1.62. The van der Waals surface area contributed by atoms with Crippen LogP contribution in [0.2, 0.25) is 0 Å². The van der Waals surface area contributed by atoms with Crippen molar-refractivity contribution in [2.45, 2.75) is 20.8 Å². The van der Waals surface area contributed by atoms with Gasteiger partial charge in [-0.25, -0.2) is 4.98 Å². The smallest absolute Gasteiger partial charge is 0.230 e. The Morgan fingerprint density at radius 3 is 2.70 bits per heavy atom. The first-order chi connectivity index (χ1) is 14.5. The average molecular weight is 417 g/mol. The largest absolute Gasteiger partial charge is 0.274 e. The van der Waals surface area contributed by atoms with E-state index in [1.165, 1.54) is 11.3 Å². The Morgan fingerprint density at radius 1 is 1.13 bits per heavy atom. The average Bonchev–Trinajstić information content (AvgIpc) is 3.40. The summed E-state index contributed by atoms with van der Waals surface area (Å²) in [4.78, 5) is 18.6. The number of benzene rings is 2. The van der Waals surface area contributed by atoms with Gasteiger partial charge in [0.05, 0.1) is 17.6 Å². The number of carbonyl (C=O) groups is 1. The molecule has 1 amide bonds. The highest BCUT2D eigenvalue weighted by molar-refractivity contribution is 7.14. The quantitative estimate of drug-likeness (QED) is 0.446. The van der Waals surface area contributed by atoms with Crippen molar-refractivity contribution in [2.24, 2.45) is 5.10 Å². The number of anilines is 2. The first-order valence-electron chi connectivity index (χ1n) is 9.37. The van der Waals surface area contributed by atoms with Crippen molar-refractivity contribution in [3.8, 4) is 11.4 Å². The van der Waals surface area contributed by atoms with Gasteiger partial charge in [-0.1, -0.05) is 42.5 Å². The van der Waals surface area contributed by atoms with Gasteiger partial charge >= 0.3 is 0 Å². The molecule has 0 N–H and O–H groups in total. The SMILES string of the molecule is CC(=O)N(c1nc(/C=N\n2cnnc2-c2ccccc2)cs1)c1cccc(C)c1C. The lowest BCUT2D eigenvalue weighted by atomic mass is 10.1. The van der Waals surface area contributed by atoms with Crippen LogP contribution in [0, 0.1) is 13.8 Å². The molecule has 0 bridgehead atoms. The third kappa shape index (κ3) is 3.90. The molecule has 0 aliphatic heterocycles. The minimum absolute atomic E-state index is 0.0910. The molecule has 0 aliphatic rings. The second-order valence-corrected chi connectivity index (χ2v) is 7.57. The maximum absolute atomic E-state index is 12.4. The van der Waals surface area contributed by atoms with Crippen LogP contribution in [0.3, 0.4) is 0 Å². The lowest BCUT2D eigenvalue weighted by Crippen LogP contribution is -2.23. The van der Waals surface area contributed by atoms with Gasteiger partial charge < -0.3 is 0 Å². The molecule has 0 fully saturated rings. The molecule has 4 rings (SSSR count). The summed E-state index contributed by atoms with van der Waals surface area (Å²) in [5.74, 6) is 0.551. The molecule has 0 spiro atoms. The highest BCUT2D eigenvalue weighted by Crippen LogP contribution is 2.32. The minimum atomic E-state index is -0.0910. The number of aryl methyl sites for hydroxylation is 1. The fraction of sp³-hybridized carbons (Fsp3) is 0.136. The van der Waals surface area contributed by atoms with Gasteiger partial charge in [0.2, 0.25) is 5.91 Å². The van der Waals surface area contributed by atoms with Gasteiger partial charge in [0.15, 0.2) is 11.0 Å². The van der Waals surface area contributed by atoms with Crippen molar-refractivity contribution in [1.29, 1.82) is 0 Å². The van der Waals surface area contributed by atoms with E-state index in [0.717, 1.165) is 22.4 Å². The zero-order valence-corrected chi connectivity index (χ0v) is 17.7. The Labute approximate surface area is 178 Å². The van der Waals surface area contributed by atoms with Gasteiger partial charge in [0, 0.05) is 17.9 Å². The molecule has 150 valence electrons. The van der Waals surface area contributed by atoms with Crippen molar-refractivity contribution < 1.29 is 4.79 Å². The Morgan fingerprint density at radius 2 is 1.93 bits per heavy atom. The fourth-order valence-electron chi connectivity index (χ4n) is 3.04. The van der Waals surface area contributed by atoms with E-state index in [0.29, 0.717) is 16.6 Å². The van der Waals surface area contributed by atoms with E-state index in [4.69, 9.17) is 0 Å². The molecule has 4 aromatic rings. The first kappa shape index (κ1) is 19.7. The Bertz CT molecular complexity index is 1210. The second-order valence-electron chi connectivity index (χ2n) is 6.74. The van der Waals surface area contributed by atoms with Crippen molar-refractivity contribution in [3.63, 3.8) is 0 Å². The summed E-state index contributed by atoms with van der Waals surface area (Å²) in [6.07, 6.45) is 3.18. The van der Waals surface area contributed by atoms with Crippen LogP contribution in [0.25, 0.3) is 11.4 Å². The van der Waals surface area contributed by atoms with Gasteiger partial charge in [-0.2, -0.15) is 9.78 Å². The molecule has 0 aliphatic carbocycles. The first-order valence-corrected chi connectivity index (χ1v) is 10.2. The van der Waals surface area contributed by atoms with E-state index in [1.54, 1.807) is 29.0 Å². The van der Waals surface area contributed by atoms with Gasteiger partial charge in [-0.3, -0.25) is 9.69 Å². The van der Waals surface area contributed by atoms with Crippen molar-refractivity contribution >= 4 is 34.3 Å². The number of hydrogen-bond acceptors (Lipinski definition) is 6. The van der Waals surface area contributed by atoms with E-state index >= 15 is 0 Å². The van der Waals surface area contributed by atoms with E-state index in [1.807, 2.05) is 67.8 Å². The molecule has 7 nitrogen and oxygen atoms in total. The molecule has 0 unspecified atom stereocenters. The summed E-state index contributed by atoms with van der Waals surface area (Å²) in [6.45, 7) is 5.58. The summed E-state index contributed by atoms with van der Waals surface area (Å²) in [5, 5.41) is 15.0. The second kappa shape index (κ2) is 8.38. The Hall–Kier alpha value is -3.65. The zero-order valence-electron chi connectivity index (χ0n) is 16.9. The number of amides is 1. The third-order valence-electron chi connectivity index (χ3n) is 4.71. The summed E-state index contributed by atoms with van der Waals surface area (Å²) in [6, 6.07) is 15.6. The van der Waals surface area contributed by atoms with Crippen LogP contribution < -0.4 is 4.90 Å². The molecule has 30 heavy (non-hydrogen) atoms. The van der Waals surface area contributed by atoms with Crippen LogP contribution in [0.5, 0.6) is 0 Å². The number of aromatic nitrogens is 4. The highest BCUT2D eigenvalue weighted by Gasteiger charge is 2.20. The number of carbonyl (C=O) groups excluding carboxylic acids is 1. The predicted molar refractivity (Wildman–Crippen MR) is 119 cm³/mol. The summed E-state index contributed by atoms with van der Waals surface area (Å²) < 4.78 is 1.60. The number of thiazole rings is 1. The fourth-order valence-corrected chi connectivity index (χ4v) is 3.87. The lowest BCUT2D eigenvalue weighted by Gasteiger charge is -2.21. The summed E-state index contributed by atoms with van der Waals surface area (Å²) >= 11 is 1.40. The van der Waals surface area contributed by atoms with Gasteiger partial charge in [-0.15, -0.1) is 21.5 Å². The normalized spacial score (nSPS) is 11.2. The van der Waals surface area contributed by atoms with Crippen LogP contribution in [0.15, 0.2) is 65.3 Å². The molecule has 0 radical (unpaired) electrons. The summed E-state index contributed by atoms with van der Waals surface area (Å²) in [7, 11) is 0. The number of nitrogens with zero attached hydrogens (tertiary/aromatic N) is 6. The maximum Gasteiger partial charge on any atom is 0.230 e. The molecule has 2 aromatic heterocycles. The van der Waals surface area contributed by atoms with Crippen LogP contribution >= 0.6 is 11.3 Å². The summed E-state index contributed by atoms with van der Waals surface area (Å²) in [5.41, 5.74) is 4.59. The van der Waals surface area contributed by atoms with Gasteiger partial charge in [0.25, 0.3) is 0 Å². The molecule has 0 saturated carbocycles. The zero-order chi connectivity index (χ0) is 21.1. The van der Waals surface area contributed by atoms with Crippen molar-refractivity contribution in [1.82, 2.24) is 19.9 Å². The van der Waals surface area contributed by atoms with Crippen LogP contribution in [-0.4, -0.2) is 32.0 Å². The molecular formula is C22H20N6OS. The lowest BCUT2D eigenvalue weighted by molar-refractivity contribution is -0.115. The maximum atomic E-state index is 12.4. The number of rotatable bonds is 5.